The fourth-order valence-electron chi connectivity index (χ4n) is 2.38. The molecular formula is C16H26N4O4S. The first-order valence-electron chi connectivity index (χ1n) is 8.29. The van der Waals surface area contributed by atoms with Crippen molar-refractivity contribution in [3.8, 4) is 0 Å². The highest BCUT2D eigenvalue weighted by molar-refractivity contribution is 7.89. The number of nitro benzene ring substituents is 1. The Bertz CT molecular complexity index is 741. The number of nitrogens with zero attached hydrogens (tertiary/aromatic N) is 3. The Morgan fingerprint density at radius 2 is 1.88 bits per heavy atom. The van der Waals surface area contributed by atoms with Crippen LogP contribution in [0, 0.1) is 16.0 Å². The van der Waals surface area contributed by atoms with Crippen LogP contribution in [-0.2, 0) is 10.0 Å². The van der Waals surface area contributed by atoms with Crippen LogP contribution >= 0.6 is 0 Å². The molecule has 0 radical (unpaired) electrons. The SMILES string of the molecule is CC/C(=N/Nc1ccc([N+](=O)[O-])cc1S(=O)(=O)N(CC)CC)C(C)C. The Morgan fingerprint density at radius 1 is 1.28 bits per heavy atom. The third kappa shape index (κ3) is 4.99. The zero-order valence-corrected chi connectivity index (χ0v) is 16.1. The highest BCUT2D eigenvalue weighted by Gasteiger charge is 2.27. The molecule has 1 N–H and O–H groups in total. The number of anilines is 1. The molecule has 9 heteroatoms. The summed E-state index contributed by atoms with van der Waals surface area (Å²) >= 11 is 0. The maximum absolute atomic E-state index is 12.9. The normalized spacial score (nSPS) is 12.7. The predicted molar refractivity (Wildman–Crippen MR) is 99.4 cm³/mol. The summed E-state index contributed by atoms with van der Waals surface area (Å²) < 4.78 is 27.0. The van der Waals surface area contributed by atoms with Crippen LogP contribution in [-0.4, -0.2) is 36.4 Å². The van der Waals surface area contributed by atoms with E-state index in [0.29, 0.717) is 0 Å². The molecule has 0 saturated heterocycles. The predicted octanol–water partition coefficient (Wildman–Crippen LogP) is 3.46. The number of sulfonamides is 1. The molecule has 1 aromatic rings. The molecule has 0 amide bonds. The van der Waals surface area contributed by atoms with Crippen LogP contribution in [0.1, 0.15) is 41.0 Å². The van der Waals surface area contributed by atoms with E-state index in [1.807, 2.05) is 20.8 Å². The van der Waals surface area contributed by atoms with Gasteiger partial charge in [0.15, 0.2) is 0 Å². The number of rotatable bonds is 9. The summed E-state index contributed by atoms with van der Waals surface area (Å²) in [5.74, 6) is 0.207. The minimum absolute atomic E-state index is 0.145. The molecule has 0 aromatic heterocycles. The topological polar surface area (TPSA) is 105 Å². The molecule has 1 rings (SSSR count). The van der Waals surface area contributed by atoms with E-state index in [2.05, 4.69) is 10.5 Å². The van der Waals surface area contributed by atoms with Gasteiger partial charge in [-0.25, -0.2) is 8.42 Å². The fraction of sp³-hybridized carbons (Fsp3) is 0.562. The molecular weight excluding hydrogens is 344 g/mol. The lowest BCUT2D eigenvalue weighted by Crippen LogP contribution is -2.31. The first kappa shape index (κ1) is 21.0. The number of nitrogens with one attached hydrogen (secondary N) is 1. The molecule has 0 spiro atoms. The number of hydrogen-bond donors (Lipinski definition) is 1. The molecule has 1 aromatic carbocycles. The third-order valence-electron chi connectivity index (χ3n) is 3.85. The second-order valence-electron chi connectivity index (χ2n) is 5.75. The van der Waals surface area contributed by atoms with Crippen LogP contribution < -0.4 is 5.43 Å². The molecule has 0 saturated carbocycles. The van der Waals surface area contributed by atoms with Crippen molar-refractivity contribution in [1.29, 1.82) is 0 Å². The standard InChI is InChI=1S/C16H26N4O4S/c1-6-14(12(4)5)17-18-15-10-9-13(20(21)22)11-16(15)25(23,24)19(7-2)8-3/h9-12,18H,6-8H2,1-5H3/b17-14-. The van der Waals surface area contributed by atoms with Gasteiger partial charge in [0.05, 0.1) is 10.6 Å². The summed E-state index contributed by atoms with van der Waals surface area (Å²) in [7, 11) is -3.87. The zero-order chi connectivity index (χ0) is 19.2. The van der Waals surface area contributed by atoms with Gasteiger partial charge in [-0.15, -0.1) is 0 Å². The summed E-state index contributed by atoms with van der Waals surface area (Å²) in [5, 5.41) is 15.3. The summed E-state index contributed by atoms with van der Waals surface area (Å²) in [4.78, 5) is 10.3. The van der Waals surface area contributed by atoms with Crippen LogP contribution in [0.3, 0.4) is 0 Å². The van der Waals surface area contributed by atoms with E-state index in [-0.39, 0.29) is 35.3 Å². The minimum atomic E-state index is -3.87. The van der Waals surface area contributed by atoms with Gasteiger partial charge in [-0.05, 0) is 18.4 Å². The lowest BCUT2D eigenvalue weighted by molar-refractivity contribution is -0.385. The van der Waals surface area contributed by atoms with Crippen molar-refractivity contribution in [2.24, 2.45) is 11.0 Å². The minimum Gasteiger partial charge on any atom is -0.277 e. The number of non-ortho nitro benzene ring substituents is 1. The lowest BCUT2D eigenvalue weighted by Gasteiger charge is -2.20. The lowest BCUT2D eigenvalue weighted by atomic mass is 10.1. The number of hydrazone groups is 1. The number of hydrogen-bond acceptors (Lipinski definition) is 6. The maximum atomic E-state index is 12.9. The Hall–Kier alpha value is -2.00. The van der Waals surface area contributed by atoms with Crippen molar-refractivity contribution < 1.29 is 13.3 Å². The molecule has 0 aliphatic carbocycles. The van der Waals surface area contributed by atoms with E-state index >= 15 is 0 Å². The first-order chi connectivity index (χ1) is 11.7. The summed E-state index contributed by atoms with van der Waals surface area (Å²) in [6.07, 6.45) is 0.718. The van der Waals surface area contributed by atoms with Crippen molar-refractivity contribution in [3.63, 3.8) is 0 Å². The number of benzene rings is 1. The molecule has 0 aliphatic rings. The summed E-state index contributed by atoms with van der Waals surface area (Å²) in [5.41, 5.74) is 3.61. The van der Waals surface area contributed by atoms with E-state index in [1.165, 1.54) is 16.4 Å². The molecule has 0 bridgehead atoms. The van der Waals surface area contributed by atoms with Gasteiger partial charge in [0, 0.05) is 30.9 Å². The molecule has 0 atom stereocenters. The molecule has 140 valence electrons. The van der Waals surface area contributed by atoms with Crippen molar-refractivity contribution in [1.82, 2.24) is 4.31 Å². The third-order valence-corrected chi connectivity index (χ3v) is 5.94. The number of nitro groups is 1. The van der Waals surface area contributed by atoms with Crippen molar-refractivity contribution in [3.05, 3.63) is 28.3 Å². The van der Waals surface area contributed by atoms with E-state index in [1.54, 1.807) is 13.8 Å². The Morgan fingerprint density at radius 3 is 2.32 bits per heavy atom. The van der Waals surface area contributed by atoms with Crippen LogP contribution in [0.2, 0.25) is 0 Å². The Labute approximate surface area is 149 Å². The van der Waals surface area contributed by atoms with Gasteiger partial charge in [-0.2, -0.15) is 9.41 Å². The van der Waals surface area contributed by atoms with Crippen LogP contribution in [0.15, 0.2) is 28.2 Å². The van der Waals surface area contributed by atoms with Crippen molar-refractivity contribution in [2.75, 3.05) is 18.5 Å². The van der Waals surface area contributed by atoms with Gasteiger partial charge in [0.1, 0.15) is 4.90 Å². The molecule has 0 unspecified atom stereocenters. The van der Waals surface area contributed by atoms with E-state index in [9.17, 15) is 18.5 Å². The Kier molecular flexibility index (Phi) is 7.50. The molecule has 8 nitrogen and oxygen atoms in total. The zero-order valence-electron chi connectivity index (χ0n) is 15.3. The van der Waals surface area contributed by atoms with Gasteiger partial charge in [-0.3, -0.25) is 15.5 Å². The average molecular weight is 370 g/mol. The van der Waals surface area contributed by atoms with Gasteiger partial charge in [0.2, 0.25) is 10.0 Å². The van der Waals surface area contributed by atoms with Gasteiger partial charge >= 0.3 is 0 Å². The summed E-state index contributed by atoms with van der Waals surface area (Å²) in [6, 6.07) is 3.72. The molecule has 0 fully saturated rings. The monoisotopic (exact) mass is 370 g/mol. The van der Waals surface area contributed by atoms with Gasteiger partial charge < -0.3 is 0 Å². The van der Waals surface area contributed by atoms with Gasteiger partial charge in [0.25, 0.3) is 5.69 Å². The largest absolute Gasteiger partial charge is 0.277 e. The van der Waals surface area contributed by atoms with Crippen LogP contribution in [0.5, 0.6) is 0 Å². The summed E-state index contributed by atoms with van der Waals surface area (Å²) in [6.45, 7) is 9.94. The van der Waals surface area contributed by atoms with E-state index in [4.69, 9.17) is 0 Å². The second-order valence-corrected chi connectivity index (χ2v) is 7.66. The highest BCUT2D eigenvalue weighted by atomic mass is 32.2. The fourth-order valence-corrected chi connectivity index (χ4v) is 4.00. The molecule has 0 heterocycles. The first-order valence-corrected chi connectivity index (χ1v) is 9.73. The Balaban J connectivity index is 3.46. The van der Waals surface area contributed by atoms with Crippen molar-refractivity contribution >= 4 is 27.1 Å². The van der Waals surface area contributed by atoms with E-state index in [0.717, 1.165) is 18.2 Å². The smallest absolute Gasteiger partial charge is 0.270 e. The van der Waals surface area contributed by atoms with Gasteiger partial charge in [-0.1, -0.05) is 34.6 Å². The highest BCUT2D eigenvalue weighted by Crippen LogP contribution is 2.29. The van der Waals surface area contributed by atoms with Crippen LogP contribution in [0.25, 0.3) is 0 Å². The van der Waals surface area contributed by atoms with Crippen LogP contribution in [0.4, 0.5) is 11.4 Å². The molecule has 25 heavy (non-hydrogen) atoms. The second kappa shape index (κ2) is 8.91. The average Bonchev–Trinajstić information content (AvgIpc) is 2.55. The maximum Gasteiger partial charge on any atom is 0.270 e. The van der Waals surface area contributed by atoms with E-state index < -0.39 is 14.9 Å². The molecule has 0 aliphatic heterocycles. The van der Waals surface area contributed by atoms with Crippen molar-refractivity contribution in [2.45, 2.75) is 45.9 Å². The quantitative estimate of drug-likeness (QED) is 0.407.